The highest BCUT2D eigenvalue weighted by Gasteiger charge is 2.19. The average molecular weight is 395 g/mol. The van der Waals surface area contributed by atoms with Gasteiger partial charge in [-0.25, -0.2) is 17.9 Å². The van der Waals surface area contributed by atoms with Crippen LogP contribution in [0.2, 0.25) is 0 Å². The first-order chi connectivity index (χ1) is 8.77. The number of carbonyl (C=O) groups is 1. The van der Waals surface area contributed by atoms with Crippen molar-refractivity contribution in [2.24, 2.45) is 0 Å². The number of nitrogens with one attached hydrogen (secondary N) is 1. The van der Waals surface area contributed by atoms with Gasteiger partial charge in [-0.1, -0.05) is 6.08 Å². The molecular formula is C12H14INO4S. The molecular weight excluding hydrogens is 381 g/mol. The summed E-state index contributed by atoms with van der Waals surface area (Å²) in [6, 6.07) is 3.72. The number of benzene rings is 1. The van der Waals surface area contributed by atoms with Gasteiger partial charge in [0.25, 0.3) is 0 Å². The van der Waals surface area contributed by atoms with Crippen molar-refractivity contribution in [3.63, 3.8) is 0 Å². The van der Waals surface area contributed by atoms with Crippen molar-refractivity contribution in [2.75, 3.05) is 0 Å². The minimum absolute atomic E-state index is 0.0279. The lowest BCUT2D eigenvalue weighted by Crippen LogP contribution is -2.32. The lowest BCUT2D eigenvalue weighted by Gasteiger charge is -2.13. The molecule has 0 aromatic heterocycles. The van der Waals surface area contributed by atoms with E-state index >= 15 is 0 Å². The van der Waals surface area contributed by atoms with Crippen molar-refractivity contribution in [1.82, 2.24) is 4.72 Å². The van der Waals surface area contributed by atoms with Crippen molar-refractivity contribution in [3.8, 4) is 0 Å². The Bertz CT molecular complexity index is 598. The van der Waals surface area contributed by atoms with Crippen molar-refractivity contribution in [2.45, 2.75) is 24.3 Å². The highest BCUT2D eigenvalue weighted by Crippen LogP contribution is 2.18. The summed E-state index contributed by atoms with van der Waals surface area (Å²) < 4.78 is 27.1. The van der Waals surface area contributed by atoms with E-state index in [1.165, 1.54) is 12.1 Å². The first-order valence-electron chi connectivity index (χ1n) is 5.44. The van der Waals surface area contributed by atoms with Gasteiger partial charge in [0.15, 0.2) is 0 Å². The lowest BCUT2D eigenvalue weighted by atomic mass is 10.2. The van der Waals surface area contributed by atoms with Crippen LogP contribution in [0.4, 0.5) is 0 Å². The predicted molar refractivity (Wildman–Crippen MR) is 80.7 cm³/mol. The largest absolute Gasteiger partial charge is 0.478 e. The van der Waals surface area contributed by atoms with Gasteiger partial charge in [0.05, 0.1) is 10.5 Å². The van der Waals surface area contributed by atoms with Gasteiger partial charge in [0, 0.05) is 9.61 Å². The Morgan fingerprint density at radius 2 is 2.21 bits per heavy atom. The second-order valence-electron chi connectivity index (χ2n) is 3.99. The van der Waals surface area contributed by atoms with Gasteiger partial charge in [-0.15, -0.1) is 6.58 Å². The number of carboxylic acids is 1. The molecule has 0 aliphatic carbocycles. The Morgan fingerprint density at radius 1 is 1.58 bits per heavy atom. The molecule has 0 saturated heterocycles. The Labute approximate surface area is 125 Å². The van der Waals surface area contributed by atoms with E-state index in [1.54, 1.807) is 13.0 Å². The van der Waals surface area contributed by atoms with Gasteiger partial charge in [0.2, 0.25) is 10.0 Å². The predicted octanol–water partition coefficient (Wildman–Crippen LogP) is 2.23. The normalized spacial score (nSPS) is 12.9. The van der Waals surface area contributed by atoms with Crippen LogP contribution in [0.1, 0.15) is 23.7 Å². The molecule has 19 heavy (non-hydrogen) atoms. The summed E-state index contributed by atoms with van der Waals surface area (Å²) in [5.41, 5.74) is -0.0279. The van der Waals surface area contributed by atoms with E-state index in [1.807, 2.05) is 22.6 Å². The highest BCUT2D eigenvalue weighted by atomic mass is 127. The maximum absolute atomic E-state index is 12.1. The van der Waals surface area contributed by atoms with Crippen molar-refractivity contribution >= 4 is 38.6 Å². The fraction of sp³-hybridized carbons (Fsp3) is 0.250. The number of rotatable bonds is 6. The highest BCUT2D eigenvalue weighted by molar-refractivity contribution is 14.1. The molecule has 5 nitrogen and oxygen atoms in total. The first-order valence-corrected chi connectivity index (χ1v) is 8.00. The molecule has 7 heteroatoms. The lowest BCUT2D eigenvalue weighted by molar-refractivity contribution is 0.0695. The standard InChI is InChI=1S/C12H14INO4S/c1-3-4-8(2)14-19(17,18)9-5-6-11(13)10(7-9)12(15)16/h3,5-8,14H,1,4H2,2H3,(H,15,16). The summed E-state index contributed by atoms with van der Waals surface area (Å²) in [5, 5.41) is 8.99. The van der Waals surface area contributed by atoms with Gasteiger partial charge >= 0.3 is 5.97 Å². The molecule has 0 saturated carbocycles. The average Bonchev–Trinajstić information content (AvgIpc) is 2.28. The van der Waals surface area contributed by atoms with Crippen LogP contribution in [0, 0.1) is 3.57 Å². The topological polar surface area (TPSA) is 83.5 Å². The number of sulfonamides is 1. The summed E-state index contributed by atoms with van der Waals surface area (Å²) in [6.07, 6.45) is 2.11. The Hall–Kier alpha value is -0.930. The van der Waals surface area contributed by atoms with Crippen LogP contribution in [-0.4, -0.2) is 25.5 Å². The van der Waals surface area contributed by atoms with E-state index < -0.39 is 16.0 Å². The molecule has 0 aliphatic rings. The molecule has 1 rings (SSSR count). The molecule has 0 bridgehead atoms. The van der Waals surface area contributed by atoms with Crippen molar-refractivity contribution in [1.29, 1.82) is 0 Å². The zero-order valence-electron chi connectivity index (χ0n) is 10.3. The Morgan fingerprint density at radius 3 is 2.74 bits per heavy atom. The zero-order chi connectivity index (χ0) is 14.6. The first kappa shape index (κ1) is 16.1. The Kier molecular flexibility index (Phi) is 5.50. The number of hydrogen-bond donors (Lipinski definition) is 2. The number of carboxylic acid groups (broad SMARTS) is 1. The van der Waals surface area contributed by atoms with Gasteiger partial charge < -0.3 is 5.11 Å². The summed E-state index contributed by atoms with van der Waals surface area (Å²) in [5.74, 6) is -1.15. The van der Waals surface area contributed by atoms with Crippen LogP contribution >= 0.6 is 22.6 Å². The van der Waals surface area contributed by atoms with Gasteiger partial charge in [-0.05, 0) is 54.1 Å². The molecule has 1 aromatic rings. The molecule has 1 atom stereocenters. The van der Waals surface area contributed by atoms with E-state index in [2.05, 4.69) is 11.3 Å². The minimum atomic E-state index is -3.72. The van der Waals surface area contributed by atoms with Crippen LogP contribution in [0.5, 0.6) is 0 Å². The third kappa shape index (κ3) is 4.29. The van der Waals surface area contributed by atoms with Gasteiger partial charge in [-0.3, -0.25) is 0 Å². The van der Waals surface area contributed by atoms with Crippen LogP contribution in [-0.2, 0) is 10.0 Å². The number of halogens is 1. The van der Waals surface area contributed by atoms with E-state index in [0.29, 0.717) is 9.99 Å². The molecule has 0 amide bonds. The van der Waals surface area contributed by atoms with E-state index in [-0.39, 0.29) is 16.5 Å². The summed E-state index contributed by atoms with van der Waals surface area (Å²) in [4.78, 5) is 10.9. The molecule has 0 fully saturated rings. The van der Waals surface area contributed by atoms with Gasteiger partial charge in [0.1, 0.15) is 0 Å². The minimum Gasteiger partial charge on any atom is -0.478 e. The van der Waals surface area contributed by atoms with Crippen LogP contribution in [0.3, 0.4) is 0 Å². The van der Waals surface area contributed by atoms with E-state index in [0.717, 1.165) is 6.07 Å². The van der Waals surface area contributed by atoms with Crippen LogP contribution in [0.25, 0.3) is 0 Å². The van der Waals surface area contributed by atoms with Crippen LogP contribution in [0.15, 0.2) is 35.7 Å². The molecule has 0 heterocycles. The maximum atomic E-state index is 12.1. The van der Waals surface area contributed by atoms with E-state index in [4.69, 9.17) is 5.11 Å². The third-order valence-corrected chi connectivity index (χ3v) is 4.88. The van der Waals surface area contributed by atoms with E-state index in [9.17, 15) is 13.2 Å². The molecule has 1 aromatic carbocycles. The second-order valence-corrected chi connectivity index (χ2v) is 6.87. The van der Waals surface area contributed by atoms with Gasteiger partial charge in [-0.2, -0.15) is 0 Å². The summed E-state index contributed by atoms with van der Waals surface area (Å²) in [7, 11) is -3.72. The molecule has 104 valence electrons. The molecule has 0 radical (unpaired) electrons. The van der Waals surface area contributed by atoms with Crippen molar-refractivity contribution in [3.05, 3.63) is 40.0 Å². The third-order valence-electron chi connectivity index (χ3n) is 2.36. The molecule has 0 aliphatic heterocycles. The summed E-state index contributed by atoms with van der Waals surface area (Å²) in [6.45, 7) is 5.25. The maximum Gasteiger partial charge on any atom is 0.336 e. The second kappa shape index (κ2) is 6.49. The quantitative estimate of drug-likeness (QED) is 0.572. The number of hydrogen-bond acceptors (Lipinski definition) is 3. The smallest absolute Gasteiger partial charge is 0.336 e. The number of aromatic carboxylic acids is 1. The zero-order valence-corrected chi connectivity index (χ0v) is 13.2. The fourth-order valence-corrected chi connectivity index (χ4v) is 3.31. The van der Waals surface area contributed by atoms with Crippen molar-refractivity contribution < 1.29 is 18.3 Å². The van der Waals surface area contributed by atoms with Crippen LogP contribution < -0.4 is 4.72 Å². The SMILES string of the molecule is C=CCC(C)NS(=O)(=O)c1ccc(I)c(C(=O)O)c1. The Balaban J connectivity index is 3.12. The summed E-state index contributed by atoms with van der Waals surface area (Å²) >= 11 is 1.85. The monoisotopic (exact) mass is 395 g/mol. The molecule has 0 spiro atoms. The molecule has 2 N–H and O–H groups in total. The molecule has 1 unspecified atom stereocenters. The fourth-order valence-electron chi connectivity index (χ4n) is 1.47.